The van der Waals surface area contributed by atoms with Crippen molar-refractivity contribution >= 4 is 34.5 Å². The Labute approximate surface area is 246 Å². The van der Waals surface area contributed by atoms with Crippen LogP contribution >= 0.6 is 0 Å². The largest absolute Gasteiger partial charge is 0.440 e. The molecule has 1 fully saturated rings. The smallest absolute Gasteiger partial charge is 0.412 e. The fraction of sp³-hybridized carbons (Fsp3) is 0.194. The molecule has 3 heterocycles. The van der Waals surface area contributed by atoms with Crippen LogP contribution in [0.4, 0.5) is 16.3 Å². The van der Waals surface area contributed by atoms with Crippen LogP contribution in [0.5, 0.6) is 0 Å². The number of nitrogens with one attached hydrogen (secondary N) is 2. The number of aromatic nitrogens is 4. The summed E-state index contributed by atoms with van der Waals surface area (Å²) in [6.07, 6.45) is -5.44. The van der Waals surface area contributed by atoms with Gasteiger partial charge in [-0.2, -0.15) is 0 Å². The monoisotopic (exact) mass is 580 g/mol. The maximum atomic E-state index is 13.2. The molecule has 1 amide bonds. The average molecular weight is 581 g/mol. The van der Waals surface area contributed by atoms with Crippen molar-refractivity contribution in [2.45, 2.75) is 37.2 Å². The molecule has 1 unspecified atom stereocenters. The van der Waals surface area contributed by atoms with Crippen LogP contribution in [0.25, 0.3) is 11.2 Å². The number of anilines is 2. The van der Waals surface area contributed by atoms with Crippen molar-refractivity contribution in [1.29, 1.82) is 0 Å². The van der Waals surface area contributed by atoms with Crippen LogP contribution in [0.2, 0.25) is 0 Å². The lowest BCUT2D eigenvalue weighted by atomic mass is 9.98. The van der Waals surface area contributed by atoms with Gasteiger partial charge in [-0.1, -0.05) is 78.9 Å². The lowest BCUT2D eigenvalue weighted by Crippen LogP contribution is -2.45. The van der Waals surface area contributed by atoms with Gasteiger partial charge < -0.3 is 25.0 Å². The van der Waals surface area contributed by atoms with Crippen molar-refractivity contribution in [3.8, 4) is 0 Å². The highest BCUT2D eigenvalue weighted by Crippen LogP contribution is 2.36. The van der Waals surface area contributed by atoms with Gasteiger partial charge in [0.25, 0.3) is 0 Å². The molecule has 12 nitrogen and oxygen atoms in total. The van der Waals surface area contributed by atoms with E-state index in [0.29, 0.717) is 29.2 Å². The molecule has 12 heteroatoms. The molecule has 4 N–H and O–H groups in total. The van der Waals surface area contributed by atoms with E-state index < -0.39 is 42.5 Å². The second-order valence-electron chi connectivity index (χ2n) is 9.90. The first-order valence-corrected chi connectivity index (χ1v) is 13.6. The molecule has 1 aliphatic rings. The van der Waals surface area contributed by atoms with E-state index in [9.17, 15) is 19.8 Å². The Balaban J connectivity index is 1.28. The Hall–Kier alpha value is -5.17. The molecule has 0 spiro atoms. The first-order chi connectivity index (χ1) is 21.0. The van der Waals surface area contributed by atoms with Gasteiger partial charge in [-0.3, -0.25) is 14.7 Å². The van der Waals surface area contributed by atoms with Crippen molar-refractivity contribution in [2.75, 3.05) is 10.6 Å². The van der Waals surface area contributed by atoms with Crippen LogP contribution in [0.1, 0.15) is 22.1 Å². The molecule has 0 bridgehead atoms. The number of Topliss-reactive ketones (excluding diaryl/α,β-unsaturated/α-hetero) is 1. The van der Waals surface area contributed by atoms with Crippen molar-refractivity contribution < 1.29 is 29.3 Å². The van der Waals surface area contributed by atoms with E-state index in [0.717, 1.165) is 5.56 Å². The highest BCUT2D eigenvalue weighted by molar-refractivity contribution is 5.99. The normalized spacial score (nSPS) is 20.4. The number of ether oxygens (including phenoxy) is 2. The molecule has 3 aromatic carbocycles. The summed E-state index contributed by atoms with van der Waals surface area (Å²) in [4.78, 5) is 39.1. The molecular formula is C31H28N6O6. The number of amides is 1. The number of aliphatic hydroxyl groups excluding tert-OH is 2. The maximum Gasteiger partial charge on any atom is 0.412 e. The Kier molecular flexibility index (Phi) is 8.05. The van der Waals surface area contributed by atoms with Gasteiger partial charge >= 0.3 is 6.09 Å². The summed E-state index contributed by atoms with van der Waals surface area (Å²) in [6.45, 7) is 0.491. The average Bonchev–Trinajstić information content (AvgIpc) is 3.61. The third-order valence-electron chi connectivity index (χ3n) is 7.09. The number of fused-ring (bicyclic) bond motifs is 1. The molecule has 6 rings (SSSR count). The Morgan fingerprint density at radius 2 is 1.60 bits per heavy atom. The van der Waals surface area contributed by atoms with Gasteiger partial charge in [0.2, 0.25) is 0 Å². The van der Waals surface area contributed by atoms with Gasteiger partial charge in [0.1, 0.15) is 24.6 Å². The minimum absolute atomic E-state index is 0.235. The van der Waals surface area contributed by atoms with E-state index in [1.807, 2.05) is 30.3 Å². The predicted octanol–water partition coefficient (Wildman–Crippen LogP) is 3.56. The molecule has 0 aliphatic carbocycles. The van der Waals surface area contributed by atoms with Crippen molar-refractivity contribution in [2.24, 2.45) is 0 Å². The van der Waals surface area contributed by atoms with E-state index in [2.05, 4.69) is 25.6 Å². The van der Waals surface area contributed by atoms with Gasteiger partial charge in [-0.15, -0.1) is 0 Å². The van der Waals surface area contributed by atoms with Crippen molar-refractivity contribution in [3.63, 3.8) is 0 Å². The predicted molar refractivity (Wildman–Crippen MR) is 156 cm³/mol. The lowest BCUT2D eigenvalue weighted by Gasteiger charge is -2.24. The topological polar surface area (TPSA) is 161 Å². The first kappa shape index (κ1) is 28.0. The summed E-state index contributed by atoms with van der Waals surface area (Å²) < 4.78 is 13.1. The van der Waals surface area contributed by atoms with Crippen LogP contribution in [-0.4, -0.2) is 66.0 Å². The van der Waals surface area contributed by atoms with Gasteiger partial charge in [0.15, 0.2) is 35.1 Å². The zero-order valence-corrected chi connectivity index (χ0v) is 22.7. The van der Waals surface area contributed by atoms with Crippen molar-refractivity contribution in [3.05, 3.63) is 115 Å². The van der Waals surface area contributed by atoms with Gasteiger partial charge in [0, 0.05) is 17.8 Å². The second-order valence-corrected chi connectivity index (χ2v) is 9.90. The summed E-state index contributed by atoms with van der Waals surface area (Å²) >= 11 is 0. The molecule has 2 aromatic heterocycles. The number of benzene rings is 3. The summed E-state index contributed by atoms with van der Waals surface area (Å²) in [7, 11) is 0. The highest BCUT2D eigenvalue weighted by atomic mass is 16.6. The molecule has 43 heavy (non-hydrogen) atoms. The Morgan fingerprint density at radius 1 is 0.930 bits per heavy atom. The van der Waals surface area contributed by atoms with E-state index in [4.69, 9.17) is 9.47 Å². The van der Waals surface area contributed by atoms with Crippen LogP contribution in [0.15, 0.2) is 104 Å². The fourth-order valence-corrected chi connectivity index (χ4v) is 4.96. The summed E-state index contributed by atoms with van der Waals surface area (Å²) in [5, 5.41) is 28.4. The molecule has 5 aromatic rings. The summed E-state index contributed by atoms with van der Waals surface area (Å²) in [5.74, 6) is -0.188. The molecule has 5 atom stereocenters. The first-order valence-electron chi connectivity index (χ1n) is 13.6. The molecule has 1 aliphatic heterocycles. The van der Waals surface area contributed by atoms with Crippen molar-refractivity contribution in [1.82, 2.24) is 19.5 Å². The Bertz CT molecular complexity index is 1700. The summed E-state index contributed by atoms with van der Waals surface area (Å²) in [5.41, 5.74) is 2.48. The standard InChI is InChI=1S/C31H28N6O6/c38-23(20-12-6-2-7-13-20)24(39)26-27(43-31(41)36-21-14-8-3-9-15-21)25(40)30(42-26)37-18-35-22-28(33-17-34-29(22)37)32-16-19-10-4-1-5-11-19/h1-15,17-18,24-27,30,39-40H,16H2,(H,36,41)(H,32,33,34)/t24?,25-,26-,27+,30-/m1/s1. The molecule has 0 radical (unpaired) electrons. The molecule has 218 valence electrons. The zero-order valence-electron chi connectivity index (χ0n) is 22.7. The minimum Gasteiger partial charge on any atom is -0.440 e. The number of hydrogen-bond acceptors (Lipinski definition) is 10. The fourth-order valence-electron chi connectivity index (χ4n) is 4.96. The molecular weight excluding hydrogens is 552 g/mol. The number of aliphatic hydroxyl groups is 2. The molecule has 1 saturated heterocycles. The zero-order chi connectivity index (χ0) is 29.8. The third kappa shape index (κ3) is 5.93. The lowest BCUT2D eigenvalue weighted by molar-refractivity contribution is -0.0730. The van der Waals surface area contributed by atoms with Gasteiger partial charge in [-0.25, -0.2) is 19.7 Å². The maximum absolute atomic E-state index is 13.2. The quantitative estimate of drug-likeness (QED) is 0.190. The van der Waals surface area contributed by atoms with E-state index in [1.165, 1.54) is 17.2 Å². The summed E-state index contributed by atoms with van der Waals surface area (Å²) in [6, 6.07) is 26.5. The Morgan fingerprint density at radius 3 is 2.33 bits per heavy atom. The number of rotatable bonds is 9. The number of hydrogen-bond donors (Lipinski definition) is 4. The third-order valence-corrected chi connectivity index (χ3v) is 7.09. The number of ketones is 1. The van der Waals surface area contributed by atoms with Crippen LogP contribution < -0.4 is 10.6 Å². The second kappa shape index (κ2) is 12.4. The number of nitrogens with zero attached hydrogens (tertiary/aromatic N) is 4. The number of para-hydroxylation sites is 1. The van der Waals surface area contributed by atoms with Crippen LogP contribution in [0, 0.1) is 0 Å². The van der Waals surface area contributed by atoms with Crippen LogP contribution in [-0.2, 0) is 16.0 Å². The highest BCUT2D eigenvalue weighted by Gasteiger charge is 2.52. The number of carbonyl (C=O) groups excluding carboxylic acids is 2. The van der Waals surface area contributed by atoms with Gasteiger partial charge in [-0.05, 0) is 17.7 Å². The minimum atomic E-state index is -1.76. The van der Waals surface area contributed by atoms with Gasteiger partial charge in [0.05, 0.1) is 6.33 Å². The number of imidazole rings is 1. The van der Waals surface area contributed by atoms with E-state index in [-0.39, 0.29) is 5.56 Å². The van der Waals surface area contributed by atoms with E-state index in [1.54, 1.807) is 60.7 Å². The van der Waals surface area contributed by atoms with E-state index >= 15 is 0 Å². The molecule has 0 saturated carbocycles. The van der Waals surface area contributed by atoms with Crippen LogP contribution in [0.3, 0.4) is 0 Å². The SMILES string of the molecule is O=C(Nc1ccccc1)O[C@H]1[C@@H](O)[C@H](n2cnc3c(NCc4ccccc4)ncnc32)O[C@@H]1C(O)C(=O)c1ccccc1. The number of carbonyl (C=O) groups is 2.